The second kappa shape index (κ2) is 8.08. The largest absolute Gasteiger partial charge is 0.287 e. The van der Waals surface area contributed by atoms with Crippen LogP contribution in [0.5, 0.6) is 0 Å². The van der Waals surface area contributed by atoms with Crippen molar-refractivity contribution in [2.75, 3.05) is 18.7 Å². The molecule has 0 spiro atoms. The lowest BCUT2D eigenvalue weighted by Crippen LogP contribution is -2.15. The maximum Gasteiger partial charge on any atom is 0.201 e. The molecule has 0 aliphatic carbocycles. The Labute approximate surface area is 136 Å². The third-order valence-electron chi connectivity index (χ3n) is 2.05. The number of hydrogen-bond acceptors (Lipinski definition) is 5. The lowest BCUT2D eigenvalue weighted by Gasteiger charge is -2.19. The smallest absolute Gasteiger partial charge is 0.201 e. The zero-order valence-corrected chi connectivity index (χ0v) is 16.0. The van der Waals surface area contributed by atoms with E-state index in [-0.39, 0.29) is 15.2 Å². The summed E-state index contributed by atoms with van der Waals surface area (Å²) in [6.45, 7) is 11.1. The van der Waals surface area contributed by atoms with Crippen molar-refractivity contribution in [2.24, 2.45) is 13.8 Å². The van der Waals surface area contributed by atoms with Crippen molar-refractivity contribution in [3.05, 3.63) is 0 Å². The van der Waals surface area contributed by atoms with Gasteiger partial charge in [-0.1, -0.05) is 32.5 Å². The van der Waals surface area contributed by atoms with Gasteiger partial charge >= 0.3 is 0 Å². The molecule has 1 aliphatic rings. The molecule has 0 fully saturated rings. The van der Waals surface area contributed by atoms with Gasteiger partial charge in [-0.15, -0.1) is 22.1 Å². The minimum atomic E-state index is -0.806. The Balaban J connectivity index is 3.08. The minimum Gasteiger partial charge on any atom is -0.287 e. The van der Waals surface area contributed by atoms with Crippen molar-refractivity contribution in [2.45, 2.75) is 39.4 Å². The van der Waals surface area contributed by atoms with Crippen molar-refractivity contribution in [1.82, 2.24) is 0 Å². The van der Waals surface area contributed by atoms with Crippen LogP contribution in [0.3, 0.4) is 0 Å². The summed E-state index contributed by atoms with van der Waals surface area (Å²) in [7, 11) is -0.0837. The molecule has 4 nitrogen and oxygen atoms in total. The van der Waals surface area contributed by atoms with Crippen LogP contribution in [0.2, 0.25) is 0 Å². The van der Waals surface area contributed by atoms with E-state index in [4.69, 9.17) is 15.8 Å². The highest BCUT2D eigenvalue weighted by Gasteiger charge is 2.20. The first-order valence-electron chi connectivity index (χ1n) is 6.21. The van der Waals surface area contributed by atoms with Gasteiger partial charge in [-0.05, 0) is 25.0 Å². The van der Waals surface area contributed by atoms with Crippen LogP contribution >= 0.6 is 33.8 Å². The molecule has 1 heterocycles. The SMILES string of the molecule is CC(C)=S(C)C1=NS(OCCCl)=NC(SC(C)(C)C)=N1. The van der Waals surface area contributed by atoms with Gasteiger partial charge in [0.2, 0.25) is 5.17 Å². The maximum atomic E-state index is 5.66. The topological polar surface area (TPSA) is 46.3 Å². The Kier molecular flexibility index (Phi) is 7.41. The van der Waals surface area contributed by atoms with Crippen LogP contribution < -0.4 is 0 Å². The summed E-state index contributed by atoms with van der Waals surface area (Å²) in [4.78, 5) is 5.90. The fraction of sp³-hybridized carbons (Fsp3) is 0.750. The molecule has 0 aromatic heterocycles. The van der Waals surface area contributed by atoms with E-state index >= 15 is 0 Å². The quantitative estimate of drug-likeness (QED) is 0.561. The summed E-state index contributed by atoms with van der Waals surface area (Å²) in [5.41, 5.74) is 0. The molecule has 0 N–H and O–H groups in total. The summed E-state index contributed by atoms with van der Waals surface area (Å²) < 4.78 is 14.6. The lowest BCUT2D eigenvalue weighted by molar-refractivity contribution is 0.396. The van der Waals surface area contributed by atoms with Crippen LogP contribution in [-0.4, -0.2) is 38.7 Å². The Bertz CT molecular complexity index is 489. The van der Waals surface area contributed by atoms with Crippen LogP contribution in [-0.2, 0) is 15.3 Å². The molecule has 20 heavy (non-hydrogen) atoms. The number of thioether (sulfide) groups is 1. The van der Waals surface area contributed by atoms with E-state index in [9.17, 15) is 0 Å². The van der Waals surface area contributed by atoms with Gasteiger partial charge in [0.1, 0.15) is 0 Å². The number of alkyl halides is 1. The second-order valence-corrected chi connectivity index (χ2v) is 10.7. The molecule has 2 unspecified atom stereocenters. The first kappa shape index (κ1) is 18.4. The maximum absolute atomic E-state index is 5.66. The molecule has 1 rings (SSSR count). The number of amidine groups is 2. The van der Waals surface area contributed by atoms with Gasteiger partial charge < -0.3 is 0 Å². The second-order valence-electron chi connectivity index (χ2n) is 5.23. The highest BCUT2D eigenvalue weighted by molar-refractivity contribution is 8.28. The van der Waals surface area contributed by atoms with Gasteiger partial charge in [-0.3, -0.25) is 4.18 Å². The molecule has 0 bridgehead atoms. The van der Waals surface area contributed by atoms with Gasteiger partial charge in [0, 0.05) is 10.6 Å². The number of rotatable bonds is 3. The minimum absolute atomic E-state index is 0.0591. The number of nitrogens with zero attached hydrogens (tertiary/aromatic N) is 3. The molecular weight excluding hydrogens is 334 g/mol. The molecule has 1 aliphatic heterocycles. The fourth-order valence-electron chi connectivity index (χ4n) is 1.06. The normalized spacial score (nSPS) is 20.9. The van der Waals surface area contributed by atoms with E-state index < -0.39 is 11.2 Å². The van der Waals surface area contributed by atoms with Crippen LogP contribution in [0.25, 0.3) is 0 Å². The zero-order chi connectivity index (χ0) is 15.3. The molecule has 0 aromatic carbocycles. The fourth-order valence-corrected chi connectivity index (χ4v) is 4.26. The third kappa shape index (κ3) is 6.39. The predicted molar refractivity (Wildman–Crippen MR) is 98.5 cm³/mol. The standard InChI is InChI=1S/C12H22ClN3OS3/c1-9(2)19(6)11-14-10(18-12(3,4)5)15-20(16-11)17-8-7-13/h7-8H2,1-6H3. The summed E-state index contributed by atoms with van der Waals surface area (Å²) in [6, 6.07) is 0. The highest BCUT2D eigenvalue weighted by Crippen LogP contribution is 2.29. The van der Waals surface area contributed by atoms with E-state index in [1.165, 1.54) is 4.86 Å². The Morgan fingerprint density at radius 2 is 2.05 bits per heavy atom. The average Bonchev–Trinajstić information content (AvgIpc) is 2.32. The van der Waals surface area contributed by atoms with E-state index in [1.54, 1.807) is 11.8 Å². The monoisotopic (exact) mass is 355 g/mol. The van der Waals surface area contributed by atoms with E-state index in [0.717, 1.165) is 10.3 Å². The van der Waals surface area contributed by atoms with Crippen LogP contribution in [0.1, 0.15) is 34.6 Å². The van der Waals surface area contributed by atoms with Crippen molar-refractivity contribution in [1.29, 1.82) is 0 Å². The first-order valence-corrected chi connectivity index (χ1v) is 10.3. The Morgan fingerprint density at radius 1 is 1.40 bits per heavy atom. The van der Waals surface area contributed by atoms with Gasteiger partial charge in [0.25, 0.3) is 0 Å². The van der Waals surface area contributed by atoms with Crippen molar-refractivity contribution >= 4 is 60.2 Å². The van der Waals surface area contributed by atoms with Crippen molar-refractivity contribution in [3.63, 3.8) is 0 Å². The predicted octanol–water partition coefficient (Wildman–Crippen LogP) is 4.24. The number of halogens is 1. The van der Waals surface area contributed by atoms with E-state index in [1.807, 2.05) is 0 Å². The molecule has 8 heteroatoms. The molecule has 0 radical (unpaired) electrons. The Hall–Kier alpha value is 0.310. The van der Waals surface area contributed by atoms with Crippen LogP contribution in [0.15, 0.2) is 13.8 Å². The summed E-state index contributed by atoms with van der Waals surface area (Å²) in [5, 5.41) is 1.57. The number of aliphatic imine (C=N–C) groups is 1. The third-order valence-corrected chi connectivity index (χ3v) is 6.41. The Morgan fingerprint density at radius 3 is 2.55 bits per heavy atom. The van der Waals surface area contributed by atoms with Gasteiger partial charge in [0.05, 0.1) is 6.61 Å². The highest BCUT2D eigenvalue weighted by atomic mass is 35.5. The first-order chi connectivity index (χ1) is 9.23. The molecule has 0 aromatic rings. The van der Waals surface area contributed by atoms with Crippen molar-refractivity contribution < 1.29 is 4.18 Å². The summed E-state index contributed by atoms with van der Waals surface area (Å²) in [6.07, 6.45) is 2.13. The molecule has 2 atom stereocenters. The van der Waals surface area contributed by atoms with E-state index in [2.05, 4.69) is 54.6 Å². The molecule has 0 saturated heterocycles. The van der Waals surface area contributed by atoms with Gasteiger partial charge in [-0.25, -0.2) is 0 Å². The summed E-state index contributed by atoms with van der Waals surface area (Å²) in [5.74, 6) is 0.444. The molecular formula is C12H22ClN3OS3. The van der Waals surface area contributed by atoms with Gasteiger partial charge in [-0.2, -0.15) is 13.8 Å². The molecule has 0 amide bonds. The van der Waals surface area contributed by atoms with Gasteiger partial charge in [0.15, 0.2) is 16.3 Å². The van der Waals surface area contributed by atoms with E-state index in [0.29, 0.717) is 12.5 Å². The molecule has 116 valence electrons. The zero-order valence-electron chi connectivity index (χ0n) is 12.8. The van der Waals surface area contributed by atoms with Crippen molar-refractivity contribution in [3.8, 4) is 0 Å². The summed E-state index contributed by atoms with van der Waals surface area (Å²) >= 11 is 6.50. The molecule has 0 saturated carbocycles. The van der Waals surface area contributed by atoms with Crippen LogP contribution in [0.4, 0.5) is 0 Å². The average molecular weight is 356 g/mol. The van der Waals surface area contributed by atoms with Crippen LogP contribution in [0, 0.1) is 0 Å². The number of hydrogen-bond donors (Lipinski definition) is 0. The lowest BCUT2D eigenvalue weighted by atomic mass is 10.3.